The zero-order chi connectivity index (χ0) is 16.4. The van der Waals surface area contributed by atoms with Gasteiger partial charge in [0.15, 0.2) is 11.5 Å². The summed E-state index contributed by atoms with van der Waals surface area (Å²) < 4.78 is 10.7. The summed E-state index contributed by atoms with van der Waals surface area (Å²) in [6.45, 7) is 0. The molecular weight excluding hydrogens is 349 g/mol. The van der Waals surface area contributed by atoms with Crippen LogP contribution in [0.3, 0.4) is 0 Å². The number of halogens is 2. The van der Waals surface area contributed by atoms with Gasteiger partial charge in [0.2, 0.25) is 0 Å². The average molecular weight is 366 g/mol. The van der Waals surface area contributed by atoms with E-state index in [1.165, 1.54) is 6.33 Å². The summed E-state index contributed by atoms with van der Waals surface area (Å²) >= 11 is 6.09. The zero-order valence-electron chi connectivity index (χ0n) is 13.5. The quantitative estimate of drug-likeness (QED) is 0.681. The van der Waals surface area contributed by atoms with Crippen molar-refractivity contribution in [2.24, 2.45) is 0 Å². The molecular formula is C17H17Cl2N3O2. The van der Waals surface area contributed by atoms with E-state index >= 15 is 0 Å². The maximum absolute atomic E-state index is 6.09. The smallest absolute Gasteiger partial charge is 0.162 e. The van der Waals surface area contributed by atoms with E-state index < -0.39 is 0 Å². The molecule has 0 spiro atoms. The molecule has 0 fully saturated rings. The molecule has 7 heteroatoms. The van der Waals surface area contributed by atoms with Crippen LogP contribution in [0.25, 0.3) is 10.9 Å². The van der Waals surface area contributed by atoms with E-state index in [0.717, 1.165) is 22.4 Å². The minimum Gasteiger partial charge on any atom is -0.493 e. The highest BCUT2D eigenvalue weighted by molar-refractivity contribution is 6.30. The molecule has 3 rings (SSSR count). The molecule has 1 aromatic heterocycles. The Balaban J connectivity index is 0.00000208. The Morgan fingerprint density at radius 1 is 1.00 bits per heavy atom. The van der Waals surface area contributed by atoms with Crippen LogP contribution in [0.4, 0.5) is 11.5 Å². The fourth-order valence-electron chi connectivity index (χ4n) is 2.44. The highest BCUT2D eigenvalue weighted by Gasteiger charge is 2.14. The van der Waals surface area contributed by atoms with Crippen molar-refractivity contribution in [3.8, 4) is 11.5 Å². The van der Waals surface area contributed by atoms with Crippen molar-refractivity contribution in [1.29, 1.82) is 0 Å². The largest absolute Gasteiger partial charge is 0.493 e. The predicted octanol–water partition coefficient (Wildman–Crippen LogP) is 4.49. The minimum atomic E-state index is 0. The predicted molar refractivity (Wildman–Crippen MR) is 99.4 cm³/mol. The molecule has 1 heterocycles. The zero-order valence-corrected chi connectivity index (χ0v) is 15.1. The van der Waals surface area contributed by atoms with E-state index in [1.807, 2.05) is 48.3 Å². The van der Waals surface area contributed by atoms with Crippen molar-refractivity contribution < 1.29 is 9.47 Å². The lowest BCUT2D eigenvalue weighted by molar-refractivity contribution is 0.356. The molecule has 24 heavy (non-hydrogen) atoms. The second-order valence-corrected chi connectivity index (χ2v) is 5.40. The molecule has 0 saturated carbocycles. The van der Waals surface area contributed by atoms with Crippen LogP contribution in [0.5, 0.6) is 11.5 Å². The number of nitrogens with zero attached hydrogens (tertiary/aromatic N) is 3. The Bertz CT molecular complexity index is 858. The van der Waals surface area contributed by atoms with E-state index in [-0.39, 0.29) is 12.4 Å². The van der Waals surface area contributed by atoms with Crippen molar-refractivity contribution >= 4 is 46.4 Å². The summed E-state index contributed by atoms with van der Waals surface area (Å²) in [5.74, 6) is 2.03. The summed E-state index contributed by atoms with van der Waals surface area (Å²) in [6, 6.07) is 11.3. The van der Waals surface area contributed by atoms with Gasteiger partial charge in [-0.2, -0.15) is 0 Å². The second-order valence-electron chi connectivity index (χ2n) is 4.96. The molecule has 0 aliphatic heterocycles. The molecule has 0 unspecified atom stereocenters. The highest BCUT2D eigenvalue weighted by Crippen LogP contribution is 2.36. The average Bonchev–Trinajstić information content (AvgIpc) is 2.59. The lowest BCUT2D eigenvalue weighted by atomic mass is 10.2. The van der Waals surface area contributed by atoms with Gasteiger partial charge in [-0.3, -0.25) is 0 Å². The summed E-state index contributed by atoms with van der Waals surface area (Å²) in [6.07, 6.45) is 1.53. The Labute approximate surface area is 151 Å². The van der Waals surface area contributed by atoms with Gasteiger partial charge < -0.3 is 14.4 Å². The van der Waals surface area contributed by atoms with Crippen LogP contribution in [0.1, 0.15) is 0 Å². The van der Waals surface area contributed by atoms with Gasteiger partial charge in [-0.15, -0.1) is 12.4 Å². The minimum absolute atomic E-state index is 0. The maximum Gasteiger partial charge on any atom is 0.162 e. The first-order valence-corrected chi connectivity index (χ1v) is 7.38. The molecule has 0 bridgehead atoms. The van der Waals surface area contributed by atoms with E-state index in [4.69, 9.17) is 21.1 Å². The van der Waals surface area contributed by atoms with Crippen LogP contribution in [-0.4, -0.2) is 31.2 Å². The second kappa shape index (κ2) is 7.55. The fourth-order valence-corrected chi connectivity index (χ4v) is 2.63. The van der Waals surface area contributed by atoms with E-state index in [0.29, 0.717) is 16.5 Å². The number of anilines is 2. The number of aromatic nitrogens is 2. The molecule has 0 aliphatic carbocycles. The van der Waals surface area contributed by atoms with Crippen LogP contribution < -0.4 is 14.4 Å². The standard InChI is InChI=1S/C17H16ClN3O2.ClH/c1-21(12-6-4-5-11(18)7-12)17-13-8-15(22-2)16(23-3)9-14(13)19-10-20-17;/h4-10H,1-3H3;1H. The van der Waals surface area contributed by atoms with Gasteiger partial charge in [0.25, 0.3) is 0 Å². The van der Waals surface area contributed by atoms with Crippen molar-refractivity contribution in [3.05, 3.63) is 47.7 Å². The molecule has 0 radical (unpaired) electrons. The topological polar surface area (TPSA) is 47.5 Å². The number of hydrogen-bond acceptors (Lipinski definition) is 5. The lowest BCUT2D eigenvalue weighted by Crippen LogP contribution is -2.12. The first-order chi connectivity index (χ1) is 11.1. The summed E-state index contributed by atoms with van der Waals surface area (Å²) in [5.41, 5.74) is 1.72. The molecule has 3 aromatic rings. The molecule has 5 nitrogen and oxygen atoms in total. The highest BCUT2D eigenvalue weighted by atomic mass is 35.5. The van der Waals surface area contributed by atoms with Crippen LogP contribution in [-0.2, 0) is 0 Å². The molecule has 2 aromatic carbocycles. The third-order valence-corrected chi connectivity index (χ3v) is 3.87. The van der Waals surface area contributed by atoms with Crippen molar-refractivity contribution in [3.63, 3.8) is 0 Å². The molecule has 126 valence electrons. The summed E-state index contributed by atoms with van der Waals surface area (Å²) in [7, 11) is 5.14. The van der Waals surface area contributed by atoms with Crippen molar-refractivity contribution in [2.75, 3.05) is 26.2 Å². The summed E-state index contributed by atoms with van der Waals surface area (Å²) in [5, 5.41) is 1.54. The van der Waals surface area contributed by atoms with Crippen molar-refractivity contribution in [2.45, 2.75) is 0 Å². The Morgan fingerprint density at radius 3 is 2.38 bits per heavy atom. The number of benzene rings is 2. The van der Waals surface area contributed by atoms with E-state index in [9.17, 15) is 0 Å². The molecule has 0 saturated heterocycles. The summed E-state index contributed by atoms with van der Waals surface area (Å²) in [4.78, 5) is 10.7. The number of fused-ring (bicyclic) bond motifs is 1. The number of rotatable bonds is 4. The third kappa shape index (κ3) is 3.32. The Morgan fingerprint density at radius 2 is 1.71 bits per heavy atom. The molecule has 0 atom stereocenters. The van der Waals surface area contributed by atoms with Crippen LogP contribution >= 0.6 is 24.0 Å². The first kappa shape index (κ1) is 18.1. The normalized spacial score (nSPS) is 10.2. The van der Waals surface area contributed by atoms with E-state index in [1.54, 1.807) is 14.2 Å². The van der Waals surface area contributed by atoms with E-state index in [2.05, 4.69) is 9.97 Å². The van der Waals surface area contributed by atoms with Gasteiger partial charge in [0.1, 0.15) is 12.1 Å². The number of methoxy groups -OCH3 is 2. The molecule has 0 amide bonds. The van der Waals surface area contributed by atoms with Crippen LogP contribution in [0.2, 0.25) is 5.02 Å². The Hall–Kier alpha value is -2.24. The number of ether oxygens (including phenoxy) is 2. The van der Waals surface area contributed by atoms with Gasteiger partial charge in [-0.1, -0.05) is 17.7 Å². The van der Waals surface area contributed by atoms with Gasteiger partial charge in [0, 0.05) is 29.2 Å². The monoisotopic (exact) mass is 365 g/mol. The van der Waals surface area contributed by atoms with Gasteiger partial charge in [-0.05, 0) is 24.3 Å². The van der Waals surface area contributed by atoms with Crippen molar-refractivity contribution in [1.82, 2.24) is 9.97 Å². The first-order valence-electron chi connectivity index (χ1n) is 7.00. The van der Waals surface area contributed by atoms with Crippen LogP contribution in [0.15, 0.2) is 42.7 Å². The van der Waals surface area contributed by atoms with Gasteiger partial charge in [0.05, 0.1) is 19.7 Å². The van der Waals surface area contributed by atoms with Crippen LogP contribution in [0, 0.1) is 0 Å². The third-order valence-electron chi connectivity index (χ3n) is 3.63. The maximum atomic E-state index is 6.09. The number of hydrogen-bond donors (Lipinski definition) is 0. The molecule has 0 aliphatic rings. The molecule has 0 N–H and O–H groups in total. The van der Waals surface area contributed by atoms with Gasteiger partial charge in [-0.25, -0.2) is 9.97 Å². The SMILES string of the molecule is COc1cc2ncnc(N(C)c3cccc(Cl)c3)c2cc1OC.Cl. The lowest BCUT2D eigenvalue weighted by Gasteiger charge is -2.20. The van der Waals surface area contributed by atoms with Gasteiger partial charge >= 0.3 is 0 Å². The Kier molecular flexibility index (Phi) is 5.70. The fraction of sp³-hybridized carbons (Fsp3) is 0.176.